The third kappa shape index (κ3) is 4.55. The second kappa shape index (κ2) is 6.58. The highest BCUT2D eigenvalue weighted by molar-refractivity contribution is 7.88. The maximum absolute atomic E-state index is 12.8. The number of alkyl halides is 3. The molecule has 0 aromatic carbocycles. The van der Waals surface area contributed by atoms with E-state index in [0.717, 1.165) is 0 Å². The fraction of sp³-hybridized carbons (Fsp3) is 0.800. The van der Waals surface area contributed by atoms with Gasteiger partial charge in [0.1, 0.15) is 12.2 Å². The van der Waals surface area contributed by atoms with E-state index in [0.29, 0.717) is 0 Å². The van der Waals surface area contributed by atoms with Crippen LogP contribution >= 0.6 is 0 Å². The number of esters is 2. The Morgan fingerprint density at radius 2 is 1.48 bits per heavy atom. The van der Waals surface area contributed by atoms with E-state index >= 15 is 0 Å². The topological polar surface area (TPSA) is 86.7 Å². The zero-order valence-corrected chi connectivity index (χ0v) is 11.4. The van der Waals surface area contributed by atoms with Gasteiger partial charge in [0.25, 0.3) is 0 Å². The van der Waals surface area contributed by atoms with E-state index in [2.05, 4.69) is 9.47 Å². The number of hydrogen-bond donors (Lipinski definition) is 0. The van der Waals surface area contributed by atoms with Gasteiger partial charge in [-0.2, -0.15) is 17.2 Å². The molecule has 6 nitrogen and oxygen atoms in total. The molecule has 0 unspecified atom stereocenters. The van der Waals surface area contributed by atoms with Crippen LogP contribution in [0.2, 0.25) is 0 Å². The molecule has 1 fully saturated rings. The predicted molar refractivity (Wildman–Crippen MR) is 59.2 cm³/mol. The molecule has 0 aromatic heterocycles. The molecule has 0 aliphatic heterocycles. The van der Waals surface area contributed by atoms with Crippen LogP contribution in [-0.2, 0) is 29.3 Å². The summed E-state index contributed by atoms with van der Waals surface area (Å²) >= 11 is 0. The Morgan fingerprint density at radius 1 is 1.05 bits per heavy atom. The molecule has 0 saturated heterocycles. The van der Waals surface area contributed by atoms with Crippen molar-refractivity contribution in [3.8, 4) is 0 Å². The van der Waals surface area contributed by atoms with Gasteiger partial charge in [-0.15, -0.1) is 0 Å². The smallest absolute Gasteiger partial charge is 0.460 e. The molecule has 1 aliphatic rings. The van der Waals surface area contributed by atoms with E-state index in [1.807, 2.05) is 0 Å². The maximum Gasteiger partial charge on any atom is 0.470 e. The highest BCUT2D eigenvalue weighted by atomic mass is 32.3. The fourth-order valence-electron chi connectivity index (χ4n) is 1.80. The third-order valence-electron chi connectivity index (χ3n) is 2.85. The van der Waals surface area contributed by atoms with Crippen LogP contribution in [0.3, 0.4) is 0 Å². The van der Waals surface area contributed by atoms with Gasteiger partial charge in [0.15, 0.2) is 6.67 Å². The largest absolute Gasteiger partial charge is 0.470 e. The summed E-state index contributed by atoms with van der Waals surface area (Å²) in [7, 11) is -6.40. The van der Waals surface area contributed by atoms with Crippen LogP contribution in [0.15, 0.2) is 0 Å². The average molecular weight is 336 g/mol. The average Bonchev–Trinajstić information content (AvgIpc) is 2.39. The Labute approximate surface area is 117 Å². The first-order chi connectivity index (χ1) is 9.57. The van der Waals surface area contributed by atoms with E-state index in [4.69, 9.17) is 0 Å². The highest BCUT2D eigenvalue weighted by Gasteiger charge is 2.56. The number of hydrogen-bond acceptors (Lipinski definition) is 6. The molecule has 11 heteroatoms. The van der Waals surface area contributed by atoms with Gasteiger partial charge >= 0.3 is 27.4 Å². The summed E-state index contributed by atoms with van der Waals surface area (Å²) in [4.78, 5) is 21.6. The van der Waals surface area contributed by atoms with Crippen molar-refractivity contribution in [2.24, 2.45) is 0 Å². The lowest BCUT2D eigenvalue weighted by atomic mass is 9.95. The predicted octanol–water partition coefficient (Wildman–Crippen LogP) is 1.25. The normalized spacial score (nSPS) is 23.4. The molecule has 1 saturated carbocycles. The molecule has 1 aliphatic carbocycles. The molecule has 0 heterocycles. The molecule has 0 bridgehead atoms. The lowest BCUT2D eigenvalue weighted by molar-refractivity contribution is -0.171. The summed E-state index contributed by atoms with van der Waals surface area (Å²) in [5.74, 6) is -3.56. The fourth-order valence-corrected chi connectivity index (χ4v) is 2.05. The van der Waals surface area contributed by atoms with Crippen LogP contribution in [0, 0.1) is 0 Å². The number of ether oxygens (including phenoxy) is 2. The first kappa shape index (κ1) is 17.7. The monoisotopic (exact) mass is 336 g/mol. The molecule has 0 atom stereocenters. The zero-order valence-electron chi connectivity index (χ0n) is 10.6. The van der Waals surface area contributed by atoms with Gasteiger partial charge in [0, 0.05) is 0 Å². The van der Waals surface area contributed by atoms with Gasteiger partial charge in [0.2, 0.25) is 0 Å². The maximum atomic E-state index is 12.8. The van der Waals surface area contributed by atoms with Crippen molar-refractivity contribution >= 4 is 22.2 Å². The Bertz CT molecular complexity index is 498. The SMILES string of the molecule is O=C(CF)OC1CCC(OC(=O)C(F)(F)S(=O)(=O)F)CC1. The molecule has 0 aromatic rings. The Balaban J connectivity index is 2.50. The molecule has 0 N–H and O–H groups in total. The van der Waals surface area contributed by atoms with Crippen LogP contribution in [0.5, 0.6) is 0 Å². The number of carbonyl (C=O) groups excluding carboxylic acids is 2. The van der Waals surface area contributed by atoms with Crippen LogP contribution in [0.1, 0.15) is 25.7 Å². The first-order valence-electron chi connectivity index (χ1n) is 5.86. The summed E-state index contributed by atoms with van der Waals surface area (Å²) in [6, 6.07) is 0. The summed E-state index contributed by atoms with van der Waals surface area (Å²) in [5.41, 5.74) is 0. The Kier molecular flexibility index (Phi) is 5.54. The van der Waals surface area contributed by atoms with Gasteiger partial charge in [-0.25, -0.2) is 14.0 Å². The second-order valence-corrected chi connectivity index (χ2v) is 5.77. The first-order valence-corrected chi connectivity index (χ1v) is 7.24. The van der Waals surface area contributed by atoms with E-state index in [-0.39, 0.29) is 25.7 Å². The highest BCUT2D eigenvalue weighted by Crippen LogP contribution is 2.29. The van der Waals surface area contributed by atoms with E-state index < -0.39 is 46.3 Å². The molecule has 0 amide bonds. The molecule has 122 valence electrons. The van der Waals surface area contributed by atoms with Crippen LogP contribution in [0.25, 0.3) is 0 Å². The molecule has 1 rings (SSSR count). The standard InChI is InChI=1S/C10H12F4O6S/c11-5-8(15)19-6-1-3-7(4-2-6)20-9(16)10(12,13)21(14,17)18/h6-7H,1-5H2. The molecule has 0 radical (unpaired) electrons. The third-order valence-corrected chi connectivity index (χ3v) is 3.63. The number of rotatable bonds is 5. The van der Waals surface area contributed by atoms with Gasteiger partial charge in [-0.1, -0.05) is 3.89 Å². The van der Waals surface area contributed by atoms with Crippen molar-refractivity contribution in [1.82, 2.24) is 0 Å². The quantitative estimate of drug-likeness (QED) is 0.427. The summed E-state index contributed by atoms with van der Waals surface area (Å²) in [5, 5.41) is -5.26. The Morgan fingerprint density at radius 3 is 1.86 bits per heavy atom. The minimum atomic E-state index is -6.40. The second-order valence-electron chi connectivity index (χ2n) is 4.38. The molecular formula is C10H12F4O6S. The van der Waals surface area contributed by atoms with Crippen molar-refractivity contribution in [2.45, 2.75) is 43.1 Å². The van der Waals surface area contributed by atoms with Crippen molar-refractivity contribution in [3.05, 3.63) is 0 Å². The molecular weight excluding hydrogens is 324 g/mol. The zero-order chi connectivity index (χ0) is 16.3. The van der Waals surface area contributed by atoms with Crippen molar-refractivity contribution in [3.63, 3.8) is 0 Å². The summed E-state index contributed by atoms with van der Waals surface area (Å²) in [6.45, 7) is -1.30. The summed E-state index contributed by atoms with van der Waals surface area (Å²) in [6.07, 6.45) is -1.44. The minimum Gasteiger partial charge on any atom is -0.460 e. The van der Waals surface area contributed by atoms with Crippen molar-refractivity contribution < 1.29 is 44.5 Å². The van der Waals surface area contributed by atoms with E-state index in [9.17, 15) is 35.1 Å². The van der Waals surface area contributed by atoms with Crippen molar-refractivity contribution in [1.29, 1.82) is 0 Å². The van der Waals surface area contributed by atoms with Gasteiger partial charge in [0.05, 0.1) is 0 Å². The lowest BCUT2D eigenvalue weighted by Gasteiger charge is -2.28. The van der Waals surface area contributed by atoms with E-state index in [1.165, 1.54) is 0 Å². The van der Waals surface area contributed by atoms with Crippen LogP contribution in [0.4, 0.5) is 17.1 Å². The number of carbonyl (C=O) groups is 2. The number of halogens is 4. The molecule has 21 heavy (non-hydrogen) atoms. The Hall–Kier alpha value is -1.39. The summed E-state index contributed by atoms with van der Waals surface area (Å²) < 4.78 is 79.0. The minimum absolute atomic E-state index is 0.00160. The van der Waals surface area contributed by atoms with Crippen LogP contribution < -0.4 is 0 Å². The van der Waals surface area contributed by atoms with Gasteiger partial charge in [-0.3, -0.25) is 0 Å². The van der Waals surface area contributed by atoms with Crippen LogP contribution in [-0.4, -0.2) is 44.5 Å². The van der Waals surface area contributed by atoms with Gasteiger partial charge in [-0.05, 0) is 25.7 Å². The lowest BCUT2D eigenvalue weighted by Crippen LogP contribution is -2.40. The van der Waals surface area contributed by atoms with Gasteiger partial charge < -0.3 is 9.47 Å². The molecule has 0 spiro atoms. The van der Waals surface area contributed by atoms with E-state index in [1.54, 1.807) is 0 Å². The van der Waals surface area contributed by atoms with Crippen molar-refractivity contribution in [2.75, 3.05) is 6.67 Å².